The first-order valence-corrected chi connectivity index (χ1v) is 8.72. The van der Waals surface area contributed by atoms with Gasteiger partial charge >= 0.3 is 0 Å². The number of sulfone groups is 1. The monoisotopic (exact) mass is 361 g/mol. The summed E-state index contributed by atoms with van der Waals surface area (Å²) in [5, 5.41) is 5.66. The molecule has 0 radical (unpaired) electrons. The van der Waals surface area contributed by atoms with Crippen molar-refractivity contribution >= 4 is 37.5 Å². The third-order valence-electron chi connectivity index (χ3n) is 3.25. The molecule has 1 atom stereocenters. The number of halogens is 1. The summed E-state index contributed by atoms with van der Waals surface area (Å²) in [6.45, 7) is 1.75. The fraction of sp³-hybridized carbons (Fsp3) is 0.500. The molecule has 2 heterocycles. The summed E-state index contributed by atoms with van der Waals surface area (Å²) in [7, 11) is -1.39. The Morgan fingerprint density at radius 1 is 1.50 bits per heavy atom. The molecule has 0 spiro atoms. The van der Waals surface area contributed by atoms with E-state index in [2.05, 4.69) is 31.5 Å². The molecule has 1 aromatic heterocycles. The molecule has 1 amide bonds. The molecule has 6 nitrogen and oxygen atoms in total. The van der Waals surface area contributed by atoms with Gasteiger partial charge in [0.1, 0.15) is 5.82 Å². The van der Waals surface area contributed by atoms with Crippen molar-refractivity contribution in [1.29, 1.82) is 0 Å². The van der Waals surface area contributed by atoms with Crippen LogP contribution in [-0.2, 0) is 9.84 Å². The van der Waals surface area contributed by atoms with Crippen LogP contribution in [0.4, 0.5) is 5.82 Å². The summed E-state index contributed by atoms with van der Waals surface area (Å²) in [4.78, 5) is 16.4. The number of amides is 1. The van der Waals surface area contributed by atoms with Gasteiger partial charge in [-0.3, -0.25) is 4.79 Å². The van der Waals surface area contributed by atoms with Crippen LogP contribution in [0, 0.1) is 0 Å². The molecule has 0 saturated carbocycles. The zero-order valence-electron chi connectivity index (χ0n) is 11.2. The van der Waals surface area contributed by atoms with E-state index in [9.17, 15) is 13.2 Å². The number of nitrogens with one attached hydrogen (secondary N) is 2. The predicted molar refractivity (Wildman–Crippen MR) is 80.6 cm³/mol. The Labute approximate surface area is 126 Å². The Kier molecular flexibility index (Phi) is 4.06. The van der Waals surface area contributed by atoms with E-state index < -0.39 is 15.4 Å². The molecule has 1 fully saturated rings. The Hall–Kier alpha value is -1.15. The van der Waals surface area contributed by atoms with Gasteiger partial charge in [-0.15, -0.1) is 0 Å². The lowest BCUT2D eigenvalue weighted by Gasteiger charge is -2.24. The number of hydrogen-bond acceptors (Lipinski definition) is 5. The van der Waals surface area contributed by atoms with Gasteiger partial charge in [-0.1, -0.05) is 0 Å². The summed E-state index contributed by atoms with van der Waals surface area (Å²) >= 11 is 3.27. The highest BCUT2D eigenvalue weighted by atomic mass is 79.9. The van der Waals surface area contributed by atoms with Gasteiger partial charge in [0, 0.05) is 17.7 Å². The van der Waals surface area contributed by atoms with Crippen molar-refractivity contribution in [2.24, 2.45) is 0 Å². The number of carbonyl (C=O) groups excluding carboxylic acids is 1. The summed E-state index contributed by atoms with van der Waals surface area (Å²) in [6, 6.07) is 1.65. The quantitative estimate of drug-likeness (QED) is 0.844. The minimum Gasteiger partial charge on any atom is -0.372 e. The Morgan fingerprint density at radius 2 is 2.20 bits per heavy atom. The van der Waals surface area contributed by atoms with Crippen LogP contribution in [0.3, 0.4) is 0 Å². The number of pyridine rings is 1. The van der Waals surface area contributed by atoms with Gasteiger partial charge in [0.25, 0.3) is 5.91 Å². The van der Waals surface area contributed by atoms with E-state index >= 15 is 0 Å². The van der Waals surface area contributed by atoms with E-state index in [0.29, 0.717) is 22.3 Å². The van der Waals surface area contributed by atoms with Crippen LogP contribution >= 0.6 is 15.9 Å². The van der Waals surface area contributed by atoms with Gasteiger partial charge < -0.3 is 10.6 Å². The van der Waals surface area contributed by atoms with Crippen LogP contribution in [0.5, 0.6) is 0 Å². The molecule has 0 bridgehead atoms. The molecule has 8 heteroatoms. The number of rotatable bonds is 3. The largest absolute Gasteiger partial charge is 0.372 e. The highest BCUT2D eigenvalue weighted by Gasteiger charge is 2.39. The molecule has 1 unspecified atom stereocenters. The first-order chi connectivity index (χ1) is 9.25. The fourth-order valence-corrected chi connectivity index (χ4v) is 4.69. The van der Waals surface area contributed by atoms with Crippen LogP contribution < -0.4 is 10.6 Å². The highest BCUT2D eigenvalue weighted by Crippen LogP contribution is 2.24. The maximum absolute atomic E-state index is 12.3. The number of anilines is 1. The second kappa shape index (κ2) is 5.33. The summed E-state index contributed by atoms with van der Waals surface area (Å²) < 4.78 is 23.8. The topological polar surface area (TPSA) is 88.2 Å². The van der Waals surface area contributed by atoms with E-state index in [-0.39, 0.29) is 17.4 Å². The summed E-state index contributed by atoms with van der Waals surface area (Å²) in [6.07, 6.45) is 2.02. The van der Waals surface area contributed by atoms with Crippen molar-refractivity contribution < 1.29 is 13.2 Å². The highest BCUT2D eigenvalue weighted by molar-refractivity contribution is 9.10. The third kappa shape index (κ3) is 3.29. The van der Waals surface area contributed by atoms with Gasteiger partial charge in [0.15, 0.2) is 9.84 Å². The average Bonchev–Trinajstić information content (AvgIpc) is 2.63. The van der Waals surface area contributed by atoms with Crippen molar-refractivity contribution in [2.45, 2.75) is 18.9 Å². The van der Waals surface area contributed by atoms with Crippen molar-refractivity contribution in [3.8, 4) is 0 Å². The molecular weight excluding hydrogens is 346 g/mol. The maximum atomic E-state index is 12.3. The minimum absolute atomic E-state index is 0.0257. The van der Waals surface area contributed by atoms with E-state index in [4.69, 9.17) is 0 Å². The van der Waals surface area contributed by atoms with E-state index in [0.717, 1.165) is 0 Å². The second-order valence-corrected chi connectivity index (χ2v) is 8.26. The van der Waals surface area contributed by atoms with E-state index in [1.54, 1.807) is 26.2 Å². The van der Waals surface area contributed by atoms with E-state index in [1.165, 1.54) is 0 Å². The number of nitrogens with zero attached hydrogens (tertiary/aromatic N) is 1. The van der Waals surface area contributed by atoms with Gasteiger partial charge in [-0.2, -0.15) is 0 Å². The van der Waals surface area contributed by atoms with Crippen LogP contribution in [0.25, 0.3) is 0 Å². The Morgan fingerprint density at radius 3 is 2.75 bits per heavy atom. The first-order valence-electron chi connectivity index (χ1n) is 6.11. The van der Waals surface area contributed by atoms with Crippen molar-refractivity contribution in [3.05, 3.63) is 22.3 Å². The predicted octanol–water partition coefficient (Wildman–Crippen LogP) is 1.19. The molecule has 1 aliphatic heterocycles. The van der Waals surface area contributed by atoms with Crippen LogP contribution in [0.2, 0.25) is 0 Å². The smallest absolute Gasteiger partial charge is 0.255 e. The molecule has 2 rings (SSSR count). The lowest BCUT2D eigenvalue weighted by Crippen LogP contribution is -2.47. The number of hydrogen-bond donors (Lipinski definition) is 2. The maximum Gasteiger partial charge on any atom is 0.255 e. The lowest BCUT2D eigenvalue weighted by atomic mass is 10.0. The Balaban J connectivity index is 2.23. The molecule has 1 aliphatic rings. The molecule has 110 valence electrons. The number of aromatic nitrogens is 1. The van der Waals surface area contributed by atoms with Crippen LogP contribution in [0.1, 0.15) is 23.7 Å². The van der Waals surface area contributed by atoms with Gasteiger partial charge in [-0.25, -0.2) is 13.4 Å². The Bertz CT molecular complexity index is 647. The number of carbonyl (C=O) groups is 1. The third-order valence-corrected chi connectivity index (χ3v) is 5.59. The van der Waals surface area contributed by atoms with Crippen molar-refractivity contribution in [2.75, 3.05) is 23.9 Å². The molecule has 0 aliphatic carbocycles. The van der Waals surface area contributed by atoms with Crippen LogP contribution in [-0.4, -0.2) is 43.4 Å². The van der Waals surface area contributed by atoms with Gasteiger partial charge in [0.2, 0.25) is 0 Å². The zero-order valence-corrected chi connectivity index (χ0v) is 13.6. The minimum atomic E-state index is -3.06. The summed E-state index contributed by atoms with van der Waals surface area (Å²) in [5.74, 6) is 0.208. The van der Waals surface area contributed by atoms with Crippen LogP contribution in [0.15, 0.2) is 16.7 Å². The molecule has 2 N–H and O–H groups in total. The standard InChI is InChI=1S/C12H16BrN3O3S/c1-12(3-4-20(18,19)7-12)16-11(17)9-5-8(13)6-15-10(9)14-2/h5-6H,3-4,7H2,1-2H3,(H,14,15)(H,16,17). The lowest BCUT2D eigenvalue weighted by molar-refractivity contribution is 0.0916. The zero-order chi connectivity index (χ0) is 15.0. The van der Waals surface area contributed by atoms with Crippen molar-refractivity contribution in [1.82, 2.24) is 10.3 Å². The molecule has 20 heavy (non-hydrogen) atoms. The first kappa shape index (κ1) is 15.2. The van der Waals surface area contributed by atoms with E-state index in [1.807, 2.05) is 0 Å². The SMILES string of the molecule is CNc1ncc(Br)cc1C(=O)NC1(C)CCS(=O)(=O)C1. The fourth-order valence-electron chi connectivity index (χ4n) is 2.26. The average molecular weight is 362 g/mol. The summed E-state index contributed by atoms with van der Waals surface area (Å²) in [5.41, 5.74) is -0.337. The van der Waals surface area contributed by atoms with Gasteiger partial charge in [0.05, 0.1) is 22.6 Å². The normalized spacial score (nSPS) is 24.4. The molecule has 1 aromatic rings. The second-order valence-electron chi connectivity index (χ2n) is 5.16. The van der Waals surface area contributed by atoms with Gasteiger partial charge in [-0.05, 0) is 35.3 Å². The molecular formula is C12H16BrN3O3S. The molecule has 1 saturated heterocycles. The molecule has 0 aromatic carbocycles. The van der Waals surface area contributed by atoms with Crippen molar-refractivity contribution in [3.63, 3.8) is 0 Å².